The van der Waals surface area contributed by atoms with Gasteiger partial charge in [0.25, 0.3) is 0 Å². The van der Waals surface area contributed by atoms with Gasteiger partial charge in [-0.2, -0.15) is 4.91 Å². The van der Waals surface area contributed by atoms with Crippen LogP contribution < -0.4 is 34.0 Å². The Balaban J connectivity index is 0.000000339. The van der Waals surface area contributed by atoms with Gasteiger partial charge >= 0.3 is 0 Å². The average Bonchev–Trinajstić information content (AvgIpc) is 3.54. The summed E-state index contributed by atoms with van der Waals surface area (Å²) in [4.78, 5) is 19.8. The third kappa shape index (κ3) is 15.4. The van der Waals surface area contributed by atoms with Gasteiger partial charge < -0.3 is 88.4 Å². The molecule has 47 heavy (non-hydrogen) atoms. The van der Waals surface area contributed by atoms with E-state index in [9.17, 15) is 25.0 Å². The van der Waals surface area contributed by atoms with Gasteiger partial charge in [0.2, 0.25) is 0 Å². The Morgan fingerprint density at radius 3 is 2.13 bits per heavy atom. The van der Waals surface area contributed by atoms with Crippen LogP contribution in [0.1, 0.15) is 44.9 Å². The van der Waals surface area contributed by atoms with Crippen LogP contribution in [0.25, 0.3) is 0 Å². The van der Waals surface area contributed by atoms with Crippen LogP contribution in [0.15, 0.2) is 5.18 Å². The Morgan fingerprint density at radius 2 is 1.64 bits per heavy atom. The molecule has 1 saturated carbocycles. The van der Waals surface area contributed by atoms with Crippen LogP contribution in [0.3, 0.4) is 0 Å². The van der Waals surface area contributed by atoms with Crippen LogP contribution in [0.2, 0.25) is 0 Å². The van der Waals surface area contributed by atoms with E-state index in [-0.39, 0.29) is 56.5 Å². The molecule has 0 aromatic carbocycles. The van der Waals surface area contributed by atoms with E-state index >= 15 is 0 Å². The molecule has 0 bridgehead atoms. The number of nitrogens with zero attached hydrogens (tertiary/aromatic N) is 1. The first-order valence-corrected chi connectivity index (χ1v) is 16.1. The minimum absolute atomic E-state index is 0.0298. The number of nitroso groups, excluding NO2 is 1. The van der Waals surface area contributed by atoms with Crippen molar-refractivity contribution in [2.24, 2.45) is 33.8 Å². The van der Waals surface area contributed by atoms with E-state index in [4.69, 9.17) is 62.9 Å². The summed E-state index contributed by atoms with van der Waals surface area (Å²) >= 11 is 0. The Bertz CT molecular complexity index is 832. The number of carbonyl (C=O) groups is 1. The maximum atomic E-state index is 10.2. The molecule has 0 amide bonds. The van der Waals surface area contributed by atoms with Crippen LogP contribution in [0, 0.1) is 4.91 Å². The van der Waals surface area contributed by atoms with Crippen molar-refractivity contribution in [1.29, 1.82) is 0 Å². The van der Waals surface area contributed by atoms with Crippen LogP contribution in [0.4, 0.5) is 0 Å². The van der Waals surface area contributed by atoms with E-state index in [1.54, 1.807) is 0 Å². The molecule has 0 aromatic rings. The smallest absolute Gasteiger partial charge is 0.172 e. The maximum absolute atomic E-state index is 10.2. The lowest BCUT2D eigenvalue weighted by Gasteiger charge is -2.38. The SMILES string of the molecule is CNC1CC(N)[C@@H](O)C(OC2CCC(CN=O)O2)C1.NCC(O)C(O)C=O.NCC1CCCCO1.NC[C@@H]1O[C@H](O)[C@H](N)C(O)[C@@H]1O. The van der Waals surface area contributed by atoms with Gasteiger partial charge in [-0.3, -0.25) is 0 Å². The highest BCUT2D eigenvalue weighted by molar-refractivity contribution is 5.56. The van der Waals surface area contributed by atoms with Crippen molar-refractivity contribution in [1.82, 2.24) is 5.32 Å². The normalized spacial score (nSPS) is 38.2. The highest BCUT2D eigenvalue weighted by atomic mass is 16.7. The topological polar surface area (TPSA) is 347 Å². The molecule has 1 aliphatic carbocycles. The van der Waals surface area contributed by atoms with Crippen molar-refractivity contribution >= 4 is 6.29 Å². The zero-order chi connectivity index (χ0) is 35.5. The second-order valence-electron chi connectivity index (χ2n) is 11.9. The van der Waals surface area contributed by atoms with Crippen molar-refractivity contribution < 1.29 is 54.4 Å². The molecule has 9 unspecified atom stereocenters. The number of carbonyl (C=O) groups excluding carboxylic acids is 1. The molecule has 0 radical (unpaired) electrons. The summed E-state index contributed by atoms with van der Waals surface area (Å²) in [5.41, 5.74) is 26.7. The summed E-state index contributed by atoms with van der Waals surface area (Å²) < 4.78 is 21.5. The standard InChI is InChI=1S/C12H23N3O4.C6H14N2O4.C6H13NO.C4H9NO3/c1-14-7-4-9(13)12(16)10(5-7)19-11-3-2-8(18-11)6-15-17;7-1-2-4(9)5(10)3(8)6(11)12-2;7-5-6-3-1-2-4-8-6;5-1-3(7)4(8)2-6/h7-12,14,16H,2-6,13H2,1H3;2-6,9-11H,1,7-8H2;6H,1-5,7H2;2-4,7-8H,1,5H2/t7?,8?,9?,10?,11?,12-;2-,3+,4+,5?,6-;;/m10../s1. The van der Waals surface area contributed by atoms with Gasteiger partial charge in [-0.05, 0) is 45.6 Å². The number of nitrogens with two attached hydrogens (primary N) is 5. The summed E-state index contributed by atoms with van der Waals surface area (Å²) in [5, 5.41) is 60.7. The summed E-state index contributed by atoms with van der Waals surface area (Å²) in [5.74, 6) is 0. The summed E-state index contributed by atoms with van der Waals surface area (Å²) in [6.45, 7) is 1.70. The monoisotopic (exact) mass is 685 g/mol. The number of aliphatic hydroxyl groups excluding tert-OH is 6. The Labute approximate surface area is 275 Å². The Morgan fingerprint density at radius 1 is 0.936 bits per heavy atom. The van der Waals surface area contributed by atoms with Crippen molar-refractivity contribution in [2.75, 3.05) is 39.8 Å². The molecule has 17 N–H and O–H groups in total. The minimum atomic E-state index is -1.33. The third-order valence-corrected chi connectivity index (χ3v) is 8.29. The molecular formula is C28H59N7O12. The number of aldehydes is 1. The molecule has 19 heteroatoms. The van der Waals surface area contributed by atoms with E-state index in [0.717, 1.165) is 32.3 Å². The molecule has 4 aliphatic rings. The average molecular weight is 686 g/mol. The van der Waals surface area contributed by atoms with Gasteiger partial charge in [-0.25, -0.2) is 0 Å². The molecule has 3 saturated heterocycles. The van der Waals surface area contributed by atoms with E-state index < -0.39 is 49.0 Å². The summed E-state index contributed by atoms with van der Waals surface area (Å²) in [6.07, 6.45) is -1.09. The van der Waals surface area contributed by atoms with Crippen LogP contribution in [-0.2, 0) is 23.7 Å². The van der Waals surface area contributed by atoms with Crippen LogP contribution in [0.5, 0.6) is 0 Å². The van der Waals surface area contributed by atoms with Crippen LogP contribution in [-0.4, -0.2) is 162 Å². The molecule has 3 heterocycles. The number of hydrogen-bond acceptors (Lipinski definition) is 19. The van der Waals surface area contributed by atoms with Crippen molar-refractivity contribution in [3.8, 4) is 0 Å². The molecule has 0 spiro atoms. The van der Waals surface area contributed by atoms with Gasteiger partial charge in [0.05, 0.1) is 36.6 Å². The van der Waals surface area contributed by atoms with Gasteiger partial charge in [0.15, 0.2) is 18.9 Å². The fourth-order valence-electron chi connectivity index (χ4n) is 5.20. The largest absolute Gasteiger partial charge is 0.389 e. The lowest BCUT2D eigenvalue weighted by molar-refractivity contribution is -0.238. The van der Waals surface area contributed by atoms with Gasteiger partial charge in [0, 0.05) is 44.7 Å². The first-order valence-electron chi connectivity index (χ1n) is 16.1. The second kappa shape index (κ2) is 23.9. The van der Waals surface area contributed by atoms with Crippen molar-refractivity contribution in [3.63, 3.8) is 0 Å². The number of hydrogen-bond donors (Lipinski definition) is 12. The van der Waals surface area contributed by atoms with E-state index in [2.05, 4.69) is 10.5 Å². The van der Waals surface area contributed by atoms with Crippen molar-refractivity contribution in [3.05, 3.63) is 4.91 Å². The van der Waals surface area contributed by atoms with Gasteiger partial charge in [-0.15, -0.1) is 0 Å². The molecule has 278 valence electrons. The molecule has 4 rings (SSSR count). The number of ether oxygens (including phenoxy) is 4. The zero-order valence-corrected chi connectivity index (χ0v) is 27.1. The molecular weight excluding hydrogens is 626 g/mol. The molecule has 3 aliphatic heterocycles. The maximum Gasteiger partial charge on any atom is 0.172 e. The number of aliphatic hydroxyl groups is 6. The molecule has 19 nitrogen and oxygen atoms in total. The highest BCUT2D eigenvalue weighted by Crippen LogP contribution is 2.27. The zero-order valence-electron chi connectivity index (χ0n) is 27.1. The predicted octanol–water partition coefficient (Wildman–Crippen LogP) is -5.20. The quantitative estimate of drug-likeness (QED) is 0.0755. The van der Waals surface area contributed by atoms with Crippen molar-refractivity contribution in [2.45, 2.75) is 131 Å². The van der Waals surface area contributed by atoms with E-state index in [0.29, 0.717) is 19.1 Å². The first kappa shape index (κ1) is 43.7. The van der Waals surface area contributed by atoms with Crippen LogP contribution >= 0.6 is 0 Å². The Kier molecular flexibility index (Phi) is 22.2. The molecule has 14 atom stereocenters. The highest BCUT2D eigenvalue weighted by Gasteiger charge is 2.41. The lowest BCUT2D eigenvalue weighted by atomic mass is 9.87. The number of rotatable bonds is 10. The lowest BCUT2D eigenvalue weighted by Crippen LogP contribution is -2.62. The summed E-state index contributed by atoms with van der Waals surface area (Å²) in [6, 6.07) is -1.02. The number of nitrogens with one attached hydrogen (secondary N) is 1. The first-order chi connectivity index (χ1) is 22.4. The molecule has 4 fully saturated rings. The Hall–Kier alpha value is -1.37. The summed E-state index contributed by atoms with van der Waals surface area (Å²) in [7, 11) is 1.88. The van der Waals surface area contributed by atoms with E-state index in [1.165, 1.54) is 12.8 Å². The third-order valence-electron chi connectivity index (χ3n) is 8.29. The predicted molar refractivity (Wildman–Crippen MR) is 169 cm³/mol. The van der Waals surface area contributed by atoms with Gasteiger partial charge in [-0.1, -0.05) is 5.18 Å². The minimum Gasteiger partial charge on any atom is -0.389 e. The molecule has 0 aromatic heterocycles. The van der Waals surface area contributed by atoms with Gasteiger partial charge in [0.1, 0.15) is 31.0 Å². The fourth-order valence-corrected chi connectivity index (χ4v) is 5.20. The second-order valence-corrected chi connectivity index (χ2v) is 11.9. The van der Waals surface area contributed by atoms with E-state index in [1.807, 2.05) is 7.05 Å². The fraction of sp³-hybridized carbons (Fsp3) is 0.964.